The van der Waals surface area contributed by atoms with Crippen LogP contribution in [0.2, 0.25) is 0 Å². The fraction of sp³-hybridized carbons (Fsp3) is 0.273. The topological polar surface area (TPSA) is 46.2 Å². The molecule has 13 heavy (non-hydrogen) atoms. The first-order valence-electron chi connectivity index (χ1n) is 4.31. The van der Waals surface area contributed by atoms with Gasteiger partial charge in [-0.2, -0.15) is 0 Å². The van der Waals surface area contributed by atoms with Crippen molar-refractivity contribution in [3.63, 3.8) is 0 Å². The summed E-state index contributed by atoms with van der Waals surface area (Å²) in [5, 5.41) is 9.29. The van der Waals surface area contributed by atoms with Crippen molar-refractivity contribution < 1.29 is 5.11 Å². The van der Waals surface area contributed by atoms with Gasteiger partial charge in [0.1, 0.15) is 5.75 Å². The van der Waals surface area contributed by atoms with Crippen molar-refractivity contribution in [2.24, 2.45) is 5.73 Å². The third-order valence-corrected chi connectivity index (χ3v) is 2.07. The van der Waals surface area contributed by atoms with Gasteiger partial charge in [-0.15, -0.1) is 6.58 Å². The minimum absolute atomic E-state index is 0.0169. The van der Waals surface area contributed by atoms with Crippen LogP contribution in [0.4, 0.5) is 0 Å². The first-order valence-corrected chi connectivity index (χ1v) is 4.31. The van der Waals surface area contributed by atoms with Gasteiger partial charge in [0, 0.05) is 6.04 Å². The Morgan fingerprint density at radius 3 is 2.85 bits per heavy atom. The lowest BCUT2D eigenvalue weighted by atomic mass is 10.0. The summed E-state index contributed by atoms with van der Waals surface area (Å²) in [7, 11) is 0. The Hall–Kier alpha value is -1.28. The van der Waals surface area contributed by atoms with Gasteiger partial charge in [0.15, 0.2) is 0 Å². The minimum Gasteiger partial charge on any atom is -0.508 e. The molecule has 2 nitrogen and oxygen atoms in total. The van der Waals surface area contributed by atoms with Crippen LogP contribution >= 0.6 is 0 Å². The lowest BCUT2D eigenvalue weighted by molar-refractivity contribution is 0.470. The van der Waals surface area contributed by atoms with Gasteiger partial charge in [-0.1, -0.05) is 18.2 Å². The van der Waals surface area contributed by atoms with Crippen LogP contribution in [0.15, 0.2) is 30.9 Å². The van der Waals surface area contributed by atoms with E-state index in [1.807, 2.05) is 19.1 Å². The Morgan fingerprint density at radius 2 is 2.31 bits per heavy atom. The third kappa shape index (κ3) is 2.33. The zero-order valence-electron chi connectivity index (χ0n) is 7.83. The Balaban J connectivity index is 2.89. The van der Waals surface area contributed by atoms with E-state index >= 15 is 0 Å². The van der Waals surface area contributed by atoms with Crippen molar-refractivity contribution >= 4 is 0 Å². The molecular formula is C11H15NO. The van der Waals surface area contributed by atoms with E-state index in [0.717, 1.165) is 17.5 Å². The van der Waals surface area contributed by atoms with Crippen LogP contribution in [0.25, 0.3) is 0 Å². The van der Waals surface area contributed by atoms with Crippen molar-refractivity contribution in [2.45, 2.75) is 19.4 Å². The van der Waals surface area contributed by atoms with Gasteiger partial charge >= 0.3 is 0 Å². The highest BCUT2D eigenvalue weighted by Gasteiger charge is 2.05. The maximum Gasteiger partial charge on any atom is 0.118 e. The maximum atomic E-state index is 9.29. The van der Waals surface area contributed by atoms with E-state index in [-0.39, 0.29) is 6.04 Å². The van der Waals surface area contributed by atoms with Gasteiger partial charge in [-0.3, -0.25) is 0 Å². The molecule has 1 aromatic carbocycles. The quantitative estimate of drug-likeness (QED) is 0.696. The molecule has 0 saturated carbocycles. The first kappa shape index (κ1) is 9.81. The summed E-state index contributed by atoms with van der Waals surface area (Å²) in [6.45, 7) is 5.50. The van der Waals surface area contributed by atoms with Crippen molar-refractivity contribution in [1.29, 1.82) is 0 Å². The smallest absolute Gasteiger partial charge is 0.118 e. The van der Waals surface area contributed by atoms with Gasteiger partial charge in [-0.05, 0) is 30.5 Å². The highest BCUT2D eigenvalue weighted by Crippen LogP contribution is 2.21. The fourth-order valence-corrected chi connectivity index (χ4v) is 1.22. The molecule has 1 atom stereocenters. The van der Waals surface area contributed by atoms with Gasteiger partial charge in [0.25, 0.3) is 0 Å². The molecule has 0 aliphatic rings. The van der Waals surface area contributed by atoms with Gasteiger partial charge < -0.3 is 10.8 Å². The predicted molar refractivity (Wildman–Crippen MR) is 54.6 cm³/mol. The zero-order chi connectivity index (χ0) is 9.84. The summed E-state index contributed by atoms with van der Waals surface area (Å²) in [4.78, 5) is 0. The van der Waals surface area contributed by atoms with E-state index in [0.29, 0.717) is 5.75 Å². The molecule has 0 saturated heterocycles. The highest BCUT2D eigenvalue weighted by atomic mass is 16.3. The van der Waals surface area contributed by atoms with Crippen LogP contribution in [0.3, 0.4) is 0 Å². The molecule has 0 aromatic heterocycles. The number of hydrogen-bond donors (Lipinski definition) is 2. The van der Waals surface area contributed by atoms with Gasteiger partial charge in [0.05, 0.1) is 0 Å². The average Bonchev–Trinajstić information content (AvgIpc) is 2.10. The molecule has 0 aliphatic carbocycles. The Kier molecular flexibility index (Phi) is 3.09. The molecule has 1 aromatic rings. The molecule has 0 fully saturated rings. The summed E-state index contributed by atoms with van der Waals surface area (Å²) in [5.74, 6) is 0.314. The monoisotopic (exact) mass is 177 g/mol. The second kappa shape index (κ2) is 4.10. The number of rotatable bonds is 3. The third-order valence-electron chi connectivity index (χ3n) is 2.07. The molecule has 2 heteroatoms. The second-order valence-electron chi connectivity index (χ2n) is 3.18. The molecule has 1 rings (SSSR count). The van der Waals surface area contributed by atoms with Crippen LogP contribution in [-0.2, 0) is 0 Å². The largest absolute Gasteiger partial charge is 0.508 e. The number of phenolic OH excluding ortho intramolecular Hbond substituents is 1. The van der Waals surface area contributed by atoms with Crippen molar-refractivity contribution in [3.05, 3.63) is 42.0 Å². The SMILES string of the molecule is C=CC[C@@H](N)c1ccc(O)c(C)c1. The van der Waals surface area contributed by atoms with E-state index in [1.165, 1.54) is 0 Å². The van der Waals surface area contributed by atoms with Crippen LogP contribution in [0.5, 0.6) is 5.75 Å². The number of aryl methyl sites for hydroxylation is 1. The van der Waals surface area contributed by atoms with Crippen molar-refractivity contribution in [2.75, 3.05) is 0 Å². The molecule has 0 amide bonds. The highest BCUT2D eigenvalue weighted by molar-refractivity contribution is 5.36. The molecule has 0 unspecified atom stereocenters. The fourth-order valence-electron chi connectivity index (χ4n) is 1.22. The van der Waals surface area contributed by atoms with E-state index in [4.69, 9.17) is 5.73 Å². The van der Waals surface area contributed by atoms with E-state index in [2.05, 4.69) is 6.58 Å². The van der Waals surface area contributed by atoms with Crippen molar-refractivity contribution in [3.8, 4) is 5.75 Å². The van der Waals surface area contributed by atoms with Gasteiger partial charge in [0.2, 0.25) is 0 Å². The number of nitrogens with two attached hydrogens (primary N) is 1. The molecule has 0 radical (unpaired) electrons. The van der Waals surface area contributed by atoms with E-state index < -0.39 is 0 Å². The summed E-state index contributed by atoms with van der Waals surface area (Å²) < 4.78 is 0. The molecule has 0 heterocycles. The molecule has 70 valence electrons. The van der Waals surface area contributed by atoms with E-state index in [1.54, 1.807) is 12.1 Å². The summed E-state index contributed by atoms with van der Waals surface area (Å²) in [6, 6.07) is 5.41. The maximum absolute atomic E-state index is 9.29. The minimum atomic E-state index is -0.0169. The van der Waals surface area contributed by atoms with Crippen LogP contribution in [0, 0.1) is 6.92 Å². The molecule has 0 aliphatic heterocycles. The number of aromatic hydroxyl groups is 1. The summed E-state index contributed by atoms with van der Waals surface area (Å²) in [5.41, 5.74) is 7.77. The number of hydrogen-bond acceptors (Lipinski definition) is 2. The molecule has 3 N–H and O–H groups in total. The average molecular weight is 177 g/mol. The predicted octanol–water partition coefficient (Wildman–Crippen LogP) is 2.28. The van der Waals surface area contributed by atoms with Crippen LogP contribution in [0.1, 0.15) is 23.6 Å². The van der Waals surface area contributed by atoms with E-state index in [9.17, 15) is 5.11 Å². The lowest BCUT2D eigenvalue weighted by Gasteiger charge is -2.10. The summed E-state index contributed by atoms with van der Waals surface area (Å²) in [6.07, 6.45) is 2.55. The van der Waals surface area contributed by atoms with Gasteiger partial charge in [-0.25, -0.2) is 0 Å². The Labute approximate surface area is 78.7 Å². The first-order chi connectivity index (χ1) is 6.15. The summed E-state index contributed by atoms with van der Waals surface area (Å²) >= 11 is 0. The zero-order valence-corrected chi connectivity index (χ0v) is 7.83. The number of phenols is 1. The van der Waals surface area contributed by atoms with Crippen LogP contribution < -0.4 is 5.73 Å². The Bertz CT molecular complexity index is 307. The standard InChI is InChI=1S/C11H15NO/c1-3-4-10(12)9-5-6-11(13)8(2)7-9/h3,5-7,10,13H,1,4,12H2,2H3/t10-/m1/s1. The second-order valence-corrected chi connectivity index (χ2v) is 3.18. The Morgan fingerprint density at radius 1 is 1.62 bits per heavy atom. The molecule has 0 bridgehead atoms. The molecular weight excluding hydrogens is 162 g/mol. The lowest BCUT2D eigenvalue weighted by Crippen LogP contribution is -2.08. The van der Waals surface area contributed by atoms with Crippen molar-refractivity contribution in [1.82, 2.24) is 0 Å². The normalized spacial score (nSPS) is 12.5. The number of benzene rings is 1. The van der Waals surface area contributed by atoms with Crippen LogP contribution in [-0.4, -0.2) is 5.11 Å². The molecule has 0 spiro atoms.